The average molecular weight is 371 g/mol. The Labute approximate surface area is 155 Å². The van der Waals surface area contributed by atoms with E-state index in [1.165, 1.54) is 12.7 Å². The molecule has 0 unspecified atom stereocenters. The van der Waals surface area contributed by atoms with Gasteiger partial charge in [0.2, 0.25) is 0 Å². The lowest BCUT2D eigenvalue weighted by Crippen LogP contribution is -2.24. The van der Waals surface area contributed by atoms with E-state index in [2.05, 4.69) is 21.1 Å². The predicted molar refractivity (Wildman–Crippen MR) is 96.8 cm³/mol. The fraction of sp³-hybridized carbons (Fsp3) is 0.300. The number of fused-ring (bicyclic) bond motifs is 1. The maximum absolute atomic E-state index is 13.9. The number of halogens is 2. The minimum atomic E-state index is -0.907. The number of aromatic nitrogens is 2. The molecule has 3 aromatic rings. The van der Waals surface area contributed by atoms with E-state index in [0.29, 0.717) is 5.92 Å². The van der Waals surface area contributed by atoms with Gasteiger partial charge in [0.05, 0.1) is 24.5 Å². The van der Waals surface area contributed by atoms with Crippen LogP contribution in [0.5, 0.6) is 5.75 Å². The third-order valence-electron chi connectivity index (χ3n) is 4.93. The van der Waals surface area contributed by atoms with Crippen LogP contribution in [0.1, 0.15) is 40.2 Å². The molecule has 0 spiro atoms. The van der Waals surface area contributed by atoms with Crippen molar-refractivity contribution in [3.63, 3.8) is 0 Å². The summed E-state index contributed by atoms with van der Waals surface area (Å²) in [5, 5.41) is 2.79. The van der Waals surface area contributed by atoms with E-state index in [1.807, 2.05) is 17.7 Å². The molecule has 0 radical (unpaired) electrons. The smallest absolute Gasteiger partial charge is 0.251 e. The number of methoxy groups -OCH3 is 1. The van der Waals surface area contributed by atoms with Crippen molar-refractivity contribution in [1.82, 2.24) is 14.9 Å². The van der Waals surface area contributed by atoms with Crippen LogP contribution < -0.4 is 10.1 Å². The van der Waals surface area contributed by atoms with Gasteiger partial charge in [-0.2, -0.15) is 0 Å². The number of benzene rings is 2. The van der Waals surface area contributed by atoms with Gasteiger partial charge < -0.3 is 14.6 Å². The quantitative estimate of drug-likeness (QED) is 0.745. The van der Waals surface area contributed by atoms with Crippen molar-refractivity contribution in [3.05, 3.63) is 58.9 Å². The van der Waals surface area contributed by atoms with Gasteiger partial charge in [-0.25, -0.2) is 13.8 Å². The van der Waals surface area contributed by atoms with Gasteiger partial charge in [-0.1, -0.05) is 6.07 Å². The zero-order valence-electron chi connectivity index (χ0n) is 15.1. The van der Waals surface area contributed by atoms with Crippen LogP contribution in [-0.2, 0) is 13.6 Å². The first kappa shape index (κ1) is 17.5. The van der Waals surface area contributed by atoms with Crippen molar-refractivity contribution >= 4 is 16.9 Å². The number of carbonyl (C=O) groups excluding carboxylic acids is 1. The van der Waals surface area contributed by atoms with E-state index >= 15 is 0 Å². The van der Waals surface area contributed by atoms with Crippen LogP contribution >= 0.6 is 0 Å². The molecule has 1 aromatic heterocycles. The second-order valence-corrected chi connectivity index (χ2v) is 6.79. The zero-order valence-corrected chi connectivity index (χ0v) is 15.1. The summed E-state index contributed by atoms with van der Waals surface area (Å²) in [6.45, 7) is 0.261. The van der Waals surface area contributed by atoms with E-state index in [4.69, 9.17) is 0 Å². The normalized spacial score (nSPS) is 13.8. The van der Waals surface area contributed by atoms with Crippen molar-refractivity contribution in [2.75, 3.05) is 7.11 Å². The maximum Gasteiger partial charge on any atom is 0.251 e. The van der Waals surface area contributed by atoms with Crippen molar-refractivity contribution in [2.45, 2.75) is 25.3 Å². The first-order valence-corrected chi connectivity index (χ1v) is 8.73. The molecule has 1 aliphatic rings. The third-order valence-corrected chi connectivity index (χ3v) is 4.93. The lowest BCUT2D eigenvalue weighted by Gasteiger charge is -2.13. The summed E-state index contributed by atoms with van der Waals surface area (Å²) >= 11 is 0. The lowest BCUT2D eigenvalue weighted by atomic mass is 10.0. The van der Waals surface area contributed by atoms with E-state index in [-0.39, 0.29) is 12.1 Å². The van der Waals surface area contributed by atoms with Gasteiger partial charge in [0, 0.05) is 24.7 Å². The van der Waals surface area contributed by atoms with Gasteiger partial charge in [0.25, 0.3) is 5.91 Å². The fourth-order valence-corrected chi connectivity index (χ4v) is 3.46. The molecule has 27 heavy (non-hydrogen) atoms. The van der Waals surface area contributed by atoms with Crippen molar-refractivity contribution < 1.29 is 18.3 Å². The molecule has 1 aliphatic carbocycles. The molecule has 4 rings (SSSR count). The summed E-state index contributed by atoms with van der Waals surface area (Å²) < 4.78 is 34.3. The van der Waals surface area contributed by atoms with Crippen molar-refractivity contribution in [3.8, 4) is 5.75 Å². The molecule has 1 saturated carbocycles. The molecule has 0 saturated heterocycles. The second-order valence-electron chi connectivity index (χ2n) is 6.79. The van der Waals surface area contributed by atoms with Crippen molar-refractivity contribution in [2.24, 2.45) is 7.05 Å². The molecular weight excluding hydrogens is 352 g/mol. The topological polar surface area (TPSA) is 56.1 Å². The molecule has 2 aromatic carbocycles. The summed E-state index contributed by atoms with van der Waals surface area (Å²) in [7, 11) is 3.08. The van der Waals surface area contributed by atoms with Crippen LogP contribution in [0.2, 0.25) is 0 Å². The Balaban J connectivity index is 1.63. The Morgan fingerprint density at radius 1 is 1.30 bits per heavy atom. The number of hydrogen-bond donors (Lipinski definition) is 1. The number of nitrogens with zero attached hydrogens (tertiary/aromatic N) is 2. The molecule has 1 fully saturated rings. The van der Waals surface area contributed by atoms with Gasteiger partial charge >= 0.3 is 0 Å². The van der Waals surface area contributed by atoms with Crippen LogP contribution in [0.3, 0.4) is 0 Å². The Kier molecular flexibility index (Phi) is 4.30. The Morgan fingerprint density at radius 2 is 2.00 bits per heavy atom. The molecule has 0 aliphatic heterocycles. The molecule has 5 nitrogen and oxygen atoms in total. The van der Waals surface area contributed by atoms with Crippen LogP contribution in [0.25, 0.3) is 11.0 Å². The zero-order chi connectivity index (χ0) is 19.1. The van der Waals surface area contributed by atoms with Gasteiger partial charge in [-0.3, -0.25) is 4.79 Å². The number of carbonyl (C=O) groups is 1. The van der Waals surface area contributed by atoms with E-state index in [9.17, 15) is 13.6 Å². The minimum Gasteiger partial charge on any atom is -0.491 e. The van der Waals surface area contributed by atoms with Crippen LogP contribution in [0, 0.1) is 11.6 Å². The highest BCUT2D eigenvalue weighted by atomic mass is 19.1. The fourth-order valence-electron chi connectivity index (χ4n) is 3.46. The standard InChI is InChI=1S/C20H19F2N3O2/c1-25-10-24-17-6-5-13(11-3-4-11)14(18(17)25)9-23-20(26)12-7-15(21)19(27-2)16(22)8-12/h5-8,10-11H,3-4,9H2,1-2H3,(H,23,26). The summed E-state index contributed by atoms with van der Waals surface area (Å²) in [4.78, 5) is 16.8. The monoisotopic (exact) mass is 371 g/mol. The molecule has 0 bridgehead atoms. The highest BCUT2D eigenvalue weighted by Crippen LogP contribution is 2.43. The number of hydrogen-bond acceptors (Lipinski definition) is 3. The Hall–Kier alpha value is -2.96. The van der Waals surface area contributed by atoms with Gasteiger partial charge in [0.15, 0.2) is 17.4 Å². The second kappa shape index (κ2) is 6.64. The maximum atomic E-state index is 13.9. The van der Waals surface area contributed by atoms with E-state index in [0.717, 1.165) is 41.6 Å². The van der Waals surface area contributed by atoms with Gasteiger partial charge in [-0.15, -0.1) is 0 Å². The first-order valence-electron chi connectivity index (χ1n) is 8.73. The molecular formula is C20H19F2N3O2. The summed E-state index contributed by atoms with van der Waals surface area (Å²) in [5.74, 6) is -2.37. The Bertz CT molecular complexity index is 1020. The van der Waals surface area contributed by atoms with Gasteiger partial charge in [-0.05, 0) is 42.5 Å². The Morgan fingerprint density at radius 3 is 2.63 bits per heavy atom. The number of aryl methyl sites for hydroxylation is 1. The highest BCUT2D eigenvalue weighted by molar-refractivity contribution is 5.94. The minimum absolute atomic E-state index is 0.0871. The number of imidazole rings is 1. The molecule has 1 N–H and O–H groups in total. The van der Waals surface area contributed by atoms with Gasteiger partial charge in [0.1, 0.15) is 0 Å². The van der Waals surface area contributed by atoms with E-state index in [1.54, 1.807) is 6.33 Å². The van der Waals surface area contributed by atoms with Crippen molar-refractivity contribution in [1.29, 1.82) is 0 Å². The average Bonchev–Trinajstić information content (AvgIpc) is 3.42. The summed E-state index contributed by atoms with van der Waals surface area (Å²) in [6, 6.07) is 6.00. The number of nitrogens with one attached hydrogen (secondary N) is 1. The van der Waals surface area contributed by atoms with Crippen LogP contribution in [0.4, 0.5) is 8.78 Å². The number of ether oxygens (including phenoxy) is 1. The van der Waals surface area contributed by atoms with Crippen LogP contribution in [-0.4, -0.2) is 22.6 Å². The van der Waals surface area contributed by atoms with E-state index < -0.39 is 23.3 Å². The molecule has 1 amide bonds. The largest absolute Gasteiger partial charge is 0.491 e. The third kappa shape index (κ3) is 3.13. The number of rotatable bonds is 5. The lowest BCUT2D eigenvalue weighted by molar-refractivity contribution is 0.0950. The SMILES string of the molecule is COc1c(F)cc(C(=O)NCc2c(C3CC3)ccc3ncn(C)c23)cc1F. The summed E-state index contributed by atoms with van der Waals surface area (Å²) in [5.41, 5.74) is 3.92. The highest BCUT2D eigenvalue weighted by Gasteiger charge is 2.28. The van der Waals surface area contributed by atoms with Crippen LogP contribution in [0.15, 0.2) is 30.6 Å². The predicted octanol–water partition coefficient (Wildman–Crippen LogP) is 3.67. The molecule has 7 heteroatoms. The number of amides is 1. The molecule has 1 heterocycles. The molecule has 0 atom stereocenters. The first-order chi connectivity index (χ1) is 13.0. The summed E-state index contributed by atoms with van der Waals surface area (Å²) in [6.07, 6.45) is 3.99. The molecule has 140 valence electrons.